The maximum absolute atomic E-state index is 12.5. The normalized spacial score (nSPS) is 14.0. The molecule has 3 heterocycles. The van der Waals surface area contributed by atoms with E-state index >= 15 is 0 Å². The predicted molar refractivity (Wildman–Crippen MR) is 108 cm³/mol. The van der Waals surface area contributed by atoms with Crippen molar-refractivity contribution in [3.63, 3.8) is 0 Å². The van der Waals surface area contributed by atoms with E-state index in [4.69, 9.17) is 4.42 Å². The molecule has 1 aromatic carbocycles. The molecule has 2 amide bonds. The van der Waals surface area contributed by atoms with Gasteiger partial charge in [0, 0.05) is 38.1 Å². The Hall–Kier alpha value is -3.68. The lowest BCUT2D eigenvalue weighted by Gasteiger charge is -2.34. The van der Waals surface area contributed by atoms with E-state index in [2.05, 4.69) is 15.3 Å². The van der Waals surface area contributed by atoms with E-state index < -0.39 is 0 Å². The Bertz CT molecular complexity index is 993. The molecule has 4 rings (SSSR count). The highest BCUT2D eigenvalue weighted by molar-refractivity contribution is 6.03. The van der Waals surface area contributed by atoms with Crippen molar-refractivity contribution >= 4 is 23.5 Å². The first-order valence-corrected chi connectivity index (χ1v) is 9.39. The molecule has 148 valence electrons. The number of amides is 2. The molecule has 2 aromatic heterocycles. The highest BCUT2D eigenvalue weighted by atomic mass is 16.3. The molecule has 0 atom stereocenters. The lowest BCUT2D eigenvalue weighted by atomic mass is 10.2. The van der Waals surface area contributed by atoms with Crippen molar-refractivity contribution in [1.82, 2.24) is 14.9 Å². The van der Waals surface area contributed by atoms with Crippen molar-refractivity contribution in [1.29, 1.82) is 0 Å². The third-order valence-electron chi connectivity index (χ3n) is 4.77. The van der Waals surface area contributed by atoms with Crippen LogP contribution in [-0.2, 0) is 0 Å². The summed E-state index contributed by atoms with van der Waals surface area (Å²) in [5.74, 6) is 0.405. The van der Waals surface area contributed by atoms with E-state index in [-0.39, 0.29) is 11.8 Å². The lowest BCUT2D eigenvalue weighted by molar-refractivity contribution is 0.0714. The Morgan fingerprint density at radius 1 is 1.03 bits per heavy atom. The van der Waals surface area contributed by atoms with Crippen LogP contribution < -0.4 is 10.2 Å². The van der Waals surface area contributed by atoms with E-state index in [1.165, 1.54) is 6.26 Å². The van der Waals surface area contributed by atoms with Gasteiger partial charge in [0.1, 0.15) is 5.69 Å². The minimum absolute atomic E-state index is 0.123. The van der Waals surface area contributed by atoms with E-state index in [9.17, 15) is 9.59 Å². The van der Waals surface area contributed by atoms with E-state index in [0.717, 1.165) is 5.56 Å². The second-order valence-corrected chi connectivity index (χ2v) is 6.82. The van der Waals surface area contributed by atoms with Gasteiger partial charge in [0.25, 0.3) is 11.8 Å². The van der Waals surface area contributed by atoms with Gasteiger partial charge in [-0.1, -0.05) is 17.7 Å². The number of piperazine rings is 1. The zero-order valence-corrected chi connectivity index (χ0v) is 16.0. The molecule has 0 bridgehead atoms. The molecule has 1 N–H and O–H groups in total. The molecule has 0 saturated carbocycles. The zero-order chi connectivity index (χ0) is 20.2. The molecule has 1 saturated heterocycles. The largest absolute Gasteiger partial charge is 0.459 e. The SMILES string of the molecule is Cc1ccc(NC(=O)c2ccnc(N3CCN(C(=O)c4ccco4)CC3)n2)cc1. The minimum Gasteiger partial charge on any atom is -0.459 e. The Labute approximate surface area is 168 Å². The predicted octanol–water partition coefficient (Wildman–Crippen LogP) is 2.59. The van der Waals surface area contributed by atoms with Crippen LogP contribution in [0.15, 0.2) is 59.3 Å². The average Bonchev–Trinajstić information content (AvgIpc) is 3.30. The summed E-state index contributed by atoms with van der Waals surface area (Å²) in [5.41, 5.74) is 2.13. The van der Waals surface area contributed by atoms with Crippen molar-refractivity contribution in [2.45, 2.75) is 6.92 Å². The number of anilines is 2. The summed E-state index contributed by atoms with van der Waals surface area (Å²) in [6.45, 7) is 4.21. The average molecular weight is 391 g/mol. The number of carbonyl (C=O) groups excluding carboxylic acids is 2. The van der Waals surface area contributed by atoms with Crippen LogP contribution in [0.25, 0.3) is 0 Å². The smallest absolute Gasteiger partial charge is 0.289 e. The van der Waals surface area contributed by atoms with Crippen LogP contribution in [0.4, 0.5) is 11.6 Å². The topological polar surface area (TPSA) is 91.6 Å². The standard InChI is InChI=1S/C21H21N5O3/c1-15-4-6-16(7-5-15)23-19(27)17-8-9-22-21(24-17)26-12-10-25(11-13-26)20(28)18-3-2-14-29-18/h2-9,14H,10-13H2,1H3,(H,23,27). The highest BCUT2D eigenvalue weighted by Crippen LogP contribution is 2.15. The van der Waals surface area contributed by atoms with Crippen LogP contribution in [0.2, 0.25) is 0 Å². The Morgan fingerprint density at radius 2 is 1.79 bits per heavy atom. The Morgan fingerprint density at radius 3 is 2.48 bits per heavy atom. The molecule has 0 unspecified atom stereocenters. The maximum atomic E-state index is 12.5. The van der Waals surface area contributed by atoms with Crippen LogP contribution in [0.5, 0.6) is 0 Å². The first-order chi connectivity index (χ1) is 14.1. The summed E-state index contributed by atoms with van der Waals surface area (Å²) in [5, 5.41) is 2.84. The van der Waals surface area contributed by atoms with Gasteiger partial charge >= 0.3 is 0 Å². The second kappa shape index (κ2) is 8.14. The molecule has 0 radical (unpaired) electrons. The van der Waals surface area contributed by atoms with E-state index in [1.807, 2.05) is 36.1 Å². The van der Waals surface area contributed by atoms with Gasteiger partial charge < -0.3 is 19.5 Å². The number of furan rings is 1. The van der Waals surface area contributed by atoms with Crippen LogP contribution in [0, 0.1) is 6.92 Å². The molecular weight excluding hydrogens is 370 g/mol. The van der Waals surface area contributed by atoms with E-state index in [0.29, 0.717) is 49.3 Å². The summed E-state index contributed by atoms with van der Waals surface area (Å²) in [6, 6.07) is 12.5. The highest BCUT2D eigenvalue weighted by Gasteiger charge is 2.25. The number of carbonyl (C=O) groups is 2. The first kappa shape index (κ1) is 18.7. The summed E-state index contributed by atoms with van der Waals surface area (Å²) in [7, 11) is 0. The monoisotopic (exact) mass is 391 g/mol. The summed E-state index contributed by atoms with van der Waals surface area (Å²) < 4.78 is 5.18. The summed E-state index contributed by atoms with van der Waals surface area (Å²) in [4.78, 5) is 37.3. The number of nitrogens with one attached hydrogen (secondary N) is 1. The number of rotatable bonds is 4. The molecule has 8 nitrogen and oxygen atoms in total. The van der Waals surface area contributed by atoms with Crippen molar-refractivity contribution < 1.29 is 14.0 Å². The number of benzene rings is 1. The second-order valence-electron chi connectivity index (χ2n) is 6.82. The minimum atomic E-state index is -0.288. The van der Waals surface area contributed by atoms with Crippen molar-refractivity contribution in [3.8, 4) is 0 Å². The van der Waals surface area contributed by atoms with Crippen molar-refractivity contribution in [2.75, 3.05) is 36.4 Å². The Kier molecular flexibility index (Phi) is 5.24. The van der Waals surface area contributed by atoms with Crippen LogP contribution >= 0.6 is 0 Å². The molecular formula is C21H21N5O3. The number of aromatic nitrogens is 2. The van der Waals surface area contributed by atoms with Crippen LogP contribution in [-0.4, -0.2) is 52.9 Å². The van der Waals surface area contributed by atoms with Crippen molar-refractivity contribution in [3.05, 3.63) is 71.9 Å². The fourth-order valence-corrected chi connectivity index (χ4v) is 3.12. The third kappa shape index (κ3) is 4.26. The number of nitrogens with zero attached hydrogens (tertiary/aromatic N) is 4. The van der Waals surface area contributed by atoms with Gasteiger partial charge in [0.15, 0.2) is 5.76 Å². The molecule has 1 fully saturated rings. The quantitative estimate of drug-likeness (QED) is 0.735. The third-order valence-corrected chi connectivity index (χ3v) is 4.77. The van der Waals surface area contributed by atoms with Gasteiger partial charge in [-0.15, -0.1) is 0 Å². The van der Waals surface area contributed by atoms with Gasteiger partial charge in [-0.2, -0.15) is 0 Å². The lowest BCUT2D eigenvalue weighted by Crippen LogP contribution is -2.49. The Balaban J connectivity index is 1.39. The van der Waals surface area contributed by atoms with Gasteiger partial charge in [0.2, 0.25) is 5.95 Å². The van der Waals surface area contributed by atoms with Gasteiger partial charge in [-0.25, -0.2) is 9.97 Å². The van der Waals surface area contributed by atoms with Gasteiger partial charge in [-0.3, -0.25) is 9.59 Å². The molecule has 0 spiro atoms. The van der Waals surface area contributed by atoms with Crippen molar-refractivity contribution in [2.24, 2.45) is 0 Å². The fraction of sp³-hybridized carbons (Fsp3) is 0.238. The molecule has 0 aliphatic carbocycles. The number of aryl methyl sites for hydroxylation is 1. The first-order valence-electron chi connectivity index (χ1n) is 9.39. The molecule has 3 aromatic rings. The molecule has 1 aliphatic heterocycles. The maximum Gasteiger partial charge on any atom is 0.289 e. The zero-order valence-electron chi connectivity index (χ0n) is 16.0. The number of hydrogen-bond acceptors (Lipinski definition) is 6. The molecule has 1 aliphatic rings. The molecule has 8 heteroatoms. The van der Waals surface area contributed by atoms with E-state index in [1.54, 1.807) is 29.3 Å². The van der Waals surface area contributed by atoms with Gasteiger partial charge in [-0.05, 0) is 37.3 Å². The van der Waals surface area contributed by atoms with Gasteiger partial charge in [0.05, 0.1) is 6.26 Å². The van der Waals surface area contributed by atoms with Crippen LogP contribution in [0.3, 0.4) is 0 Å². The summed E-state index contributed by atoms with van der Waals surface area (Å²) in [6.07, 6.45) is 3.07. The molecule has 29 heavy (non-hydrogen) atoms. The summed E-state index contributed by atoms with van der Waals surface area (Å²) >= 11 is 0. The fourth-order valence-electron chi connectivity index (χ4n) is 3.12. The van der Waals surface area contributed by atoms with Crippen LogP contribution in [0.1, 0.15) is 26.6 Å². The number of hydrogen-bond donors (Lipinski definition) is 1.